The van der Waals surface area contributed by atoms with Crippen molar-refractivity contribution in [3.8, 4) is 0 Å². The first-order valence-electron chi connectivity index (χ1n) is 3.35. The normalized spacial score (nSPS) is 11.8. The molecule has 0 fully saturated rings. The quantitative estimate of drug-likeness (QED) is 0.291. The van der Waals surface area contributed by atoms with E-state index in [9.17, 15) is 16.8 Å². The third-order valence-electron chi connectivity index (χ3n) is 0.794. The number of rotatable bonds is 3. The maximum absolute atomic E-state index is 9.44. The van der Waals surface area contributed by atoms with E-state index in [-0.39, 0.29) is 11.8 Å². The average Bonchev–Trinajstić information content (AvgIpc) is 1.78. The van der Waals surface area contributed by atoms with E-state index in [1.54, 1.807) is 0 Å². The Morgan fingerprint density at radius 2 is 1.40 bits per heavy atom. The Balaban J connectivity index is 0. The van der Waals surface area contributed by atoms with Crippen LogP contribution in [0, 0.1) is 11.3 Å². The fourth-order valence-electron chi connectivity index (χ4n) is 0.109. The first-order chi connectivity index (χ1) is 6.35. The van der Waals surface area contributed by atoms with Crippen LogP contribution in [0.5, 0.6) is 0 Å². The van der Waals surface area contributed by atoms with Gasteiger partial charge in [0.15, 0.2) is 0 Å². The van der Waals surface area contributed by atoms with Crippen molar-refractivity contribution < 1.29 is 29.6 Å². The van der Waals surface area contributed by atoms with Gasteiger partial charge in [-0.3, -0.25) is 14.5 Å². The Morgan fingerprint density at radius 3 is 1.40 bits per heavy atom. The molecule has 11 heteroatoms. The molecule has 9 nitrogen and oxygen atoms in total. The maximum atomic E-state index is 9.44. The maximum Gasteiger partial charge on any atom is 0.413 e. The molecule has 0 unspecified atom stereocenters. The summed E-state index contributed by atoms with van der Waals surface area (Å²) in [6, 6.07) is 0. The minimum Gasteiger partial charge on any atom is -0.387 e. The highest BCUT2D eigenvalue weighted by atomic mass is 32.3. The van der Waals surface area contributed by atoms with Crippen molar-refractivity contribution in [3.63, 3.8) is 0 Å². The van der Waals surface area contributed by atoms with E-state index in [0.29, 0.717) is 0 Å². The number of hydrogen-bond acceptors (Lipinski definition) is 6. The predicted molar refractivity (Wildman–Crippen MR) is 50.9 cm³/mol. The number of nitrogens with two attached hydrogens (primary N) is 1. The first kappa shape index (κ1) is 16.7. The van der Waals surface area contributed by atoms with Crippen molar-refractivity contribution in [2.75, 3.05) is 0 Å². The molecule has 0 aliphatic carbocycles. The highest BCUT2D eigenvalue weighted by Crippen LogP contribution is 1.91. The van der Waals surface area contributed by atoms with E-state index >= 15 is 0 Å². The second-order valence-electron chi connectivity index (χ2n) is 2.53. The Hall–Kier alpha value is -0.750. The zero-order valence-corrected chi connectivity index (χ0v) is 9.54. The van der Waals surface area contributed by atoms with Gasteiger partial charge in [0.05, 0.1) is 5.84 Å². The summed E-state index contributed by atoms with van der Waals surface area (Å²) in [7, 11) is -10.2. The fraction of sp³-hybridized carbons (Fsp3) is 0.750. The SMILES string of the molecule is CC(C)C(=N)N.O=S(=O)(O)OS(=O)(=O)O. The van der Waals surface area contributed by atoms with Crippen LogP contribution in [-0.2, 0) is 24.4 Å². The molecule has 5 N–H and O–H groups in total. The van der Waals surface area contributed by atoms with Gasteiger partial charge in [-0.05, 0) is 0 Å². The minimum absolute atomic E-state index is 0.213. The van der Waals surface area contributed by atoms with Crippen LogP contribution in [0.3, 0.4) is 0 Å². The molecule has 0 spiro atoms. The van der Waals surface area contributed by atoms with Crippen LogP contribution in [0.25, 0.3) is 0 Å². The van der Waals surface area contributed by atoms with Crippen LogP contribution >= 0.6 is 0 Å². The summed E-state index contributed by atoms with van der Waals surface area (Å²) in [5.74, 6) is 0.472. The Kier molecular flexibility index (Phi) is 6.64. The molecule has 0 rings (SSSR count). The van der Waals surface area contributed by atoms with E-state index in [1.807, 2.05) is 13.8 Å². The lowest BCUT2D eigenvalue weighted by Crippen LogP contribution is -2.16. The Bertz CT molecular complexity index is 365. The first-order valence-corrected chi connectivity index (χ1v) is 6.08. The van der Waals surface area contributed by atoms with Crippen LogP contribution in [-0.4, -0.2) is 31.8 Å². The lowest BCUT2D eigenvalue weighted by molar-refractivity contribution is 0.344. The molecule has 0 aromatic carbocycles. The summed E-state index contributed by atoms with van der Waals surface area (Å²) in [6.45, 7) is 3.78. The van der Waals surface area contributed by atoms with Gasteiger partial charge in [0.25, 0.3) is 0 Å². The standard InChI is InChI=1S/C4H10N2.H2O7S2/c1-3(2)4(5)6;1-8(2,3)7-9(4,5)6/h3H,1-2H3,(H3,5,6);(H,1,2,3)(H,4,5,6). The average molecular weight is 264 g/mol. The number of amidine groups is 1. The molecular formula is C4H12N2O7S2. The molecule has 0 aliphatic heterocycles. The Labute approximate surface area is 87.7 Å². The van der Waals surface area contributed by atoms with Gasteiger partial charge in [-0.2, -0.15) is 16.8 Å². The van der Waals surface area contributed by atoms with Crippen molar-refractivity contribution in [1.29, 1.82) is 5.41 Å². The monoisotopic (exact) mass is 264 g/mol. The van der Waals surface area contributed by atoms with Crippen molar-refractivity contribution in [1.82, 2.24) is 0 Å². The molecule has 0 aromatic rings. The number of nitrogens with one attached hydrogen (secondary N) is 1. The smallest absolute Gasteiger partial charge is 0.387 e. The van der Waals surface area contributed by atoms with E-state index in [2.05, 4.69) is 3.63 Å². The third kappa shape index (κ3) is 19.6. The van der Waals surface area contributed by atoms with Gasteiger partial charge in [0, 0.05) is 5.92 Å². The fourth-order valence-corrected chi connectivity index (χ4v) is 0.978. The highest BCUT2D eigenvalue weighted by molar-refractivity contribution is 7.94. The Morgan fingerprint density at radius 1 is 1.20 bits per heavy atom. The van der Waals surface area contributed by atoms with E-state index in [4.69, 9.17) is 20.2 Å². The molecule has 0 aliphatic rings. The number of hydrogen-bond donors (Lipinski definition) is 4. The third-order valence-corrected chi connectivity index (χ3v) is 2.17. The van der Waals surface area contributed by atoms with Crippen LogP contribution in [0.4, 0.5) is 0 Å². The zero-order chi connectivity index (χ0) is 12.9. The van der Waals surface area contributed by atoms with Crippen LogP contribution in [0.1, 0.15) is 13.8 Å². The summed E-state index contributed by atoms with van der Waals surface area (Å²) >= 11 is 0. The van der Waals surface area contributed by atoms with E-state index in [1.165, 1.54) is 0 Å². The molecule has 0 amide bonds. The molecular weight excluding hydrogens is 252 g/mol. The molecule has 92 valence electrons. The largest absolute Gasteiger partial charge is 0.413 e. The molecule has 0 saturated heterocycles. The van der Waals surface area contributed by atoms with Crippen molar-refractivity contribution in [3.05, 3.63) is 0 Å². The van der Waals surface area contributed by atoms with E-state index < -0.39 is 20.8 Å². The molecule has 0 saturated carbocycles. The summed E-state index contributed by atoms with van der Waals surface area (Å²) in [6.07, 6.45) is 0. The van der Waals surface area contributed by atoms with Crippen molar-refractivity contribution in [2.24, 2.45) is 11.7 Å². The summed E-state index contributed by atoms with van der Waals surface area (Å²) < 4.78 is 55.6. The lowest BCUT2D eigenvalue weighted by Gasteiger charge is -1.95. The topological polar surface area (TPSA) is 168 Å². The molecule has 0 aromatic heterocycles. The lowest BCUT2D eigenvalue weighted by atomic mass is 10.2. The summed E-state index contributed by atoms with van der Waals surface area (Å²) in [4.78, 5) is 0. The molecule has 15 heavy (non-hydrogen) atoms. The second kappa shape index (κ2) is 5.97. The summed E-state index contributed by atoms with van der Waals surface area (Å²) in [5, 5.41) is 6.73. The van der Waals surface area contributed by atoms with Crippen LogP contribution in [0.2, 0.25) is 0 Å². The van der Waals surface area contributed by atoms with Gasteiger partial charge in [0.1, 0.15) is 0 Å². The van der Waals surface area contributed by atoms with Gasteiger partial charge >= 0.3 is 20.8 Å². The van der Waals surface area contributed by atoms with E-state index in [0.717, 1.165) is 0 Å². The molecule has 0 radical (unpaired) electrons. The van der Waals surface area contributed by atoms with Crippen LogP contribution < -0.4 is 5.73 Å². The molecule has 0 bridgehead atoms. The van der Waals surface area contributed by atoms with Crippen molar-refractivity contribution in [2.45, 2.75) is 13.8 Å². The summed E-state index contributed by atoms with van der Waals surface area (Å²) in [5.41, 5.74) is 5.02. The molecule has 0 atom stereocenters. The zero-order valence-electron chi connectivity index (χ0n) is 7.91. The second-order valence-corrected chi connectivity index (χ2v) is 4.79. The minimum atomic E-state index is -5.12. The van der Waals surface area contributed by atoms with Gasteiger partial charge in [0.2, 0.25) is 0 Å². The van der Waals surface area contributed by atoms with Gasteiger partial charge in [-0.1, -0.05) is 13.8 Å². The van der Waals surface area contributed by atoms with Gasteiger partial charge in [-0.15, -0.1) is 3.63 Å². The van der Waals surface area contributed by atoms with Gasteiger partial charge in [-0.25, -0.2) is 0 Å². The highest BCUT2D eigenvalue weighted by Gasteiger charge is 2.15. The van der Waals surface area contributed by atoms with Crippen LogP contribution in [0.15, 0.2) is 0 Å². The predicted octanol–water partition coefficient (Wildman–Crippen LogP) is -0.813. The van der Waals surface area contributed by atoms with Crippen molar-refractivity contribution >= 4 is 26.6 Å². The molecule has 0 heterocycles. The van der Waals surface area contributed by atoms with Gasteiger partial charge < -0.3 is 5.73 Å².